The van der Waals surface area contributed by atoms with Crippen molar-refractivity contribution in [3.8, 4) is 0 Å². The summed E-state index contributed by atoms with van der Waals surface area (Å²) < 4.78 is 44.5. The van der Waals surface area contributed by atoms with Crippen molar-refractivity contribution in [1.29, 1.82) is 0 Å². The Morgan fingerprint density at radius 3 is 2.15 bits per heavy atom. The molecule has 4 fully saturated rings. The van der Waals surface area contributed by atoms with Gasteiger partial charge >= 0.3 is 12.3 Å². The highest BCUT2D eigenvalue weighted by molar-refractivity contribution is 5.94. The lowest BCUT2D eigenvalue weighted by Crippen LogP contribution is -2.49. The molecule has 1 saturated carbocycles. The lowest BCUT2D eigenvalue weighted by atomic mass is 9.81. The highest BCUT2D eigenvalue weighted by Crippen LogP contribution is 2.37. The second kappa shape index (κ2) is 13.6. The van der Waals surface area contributed by atoms with Crippen molar-refractivity contribution in [3.63, 3.8) is 0 Å². The van der Waals surface area contributed by atoms with Crippen molar-refractivity contribution in [2.75, 3.05) is 39.3 Å². The summed E-state index contributed by atoms with van der Waals surface area (Å²) in [6.07, 6.45) is 1.53. The minimum Gasteiger partial charge on any atom is -0.441 e. The molecule has 1 aliphatic carbocycles. The fourth-order valence-electron chi connectivity index (χ4n) is 7.51. The summed E-state index contributed by atoms with van der Waals surface area (Å²) in [7, 11) is 0. The first-order chi connectivity index (χ1) is 22.1. The maximum atomic E-state index is 13.1. The third kappa shape index (κ3) is 7.67. The number of alkyl halides is 3. The Morgan fingerprint density at radius 1 is 0.870 bits per heavy atom. The van der Waals surface area contributed by atoms with Gasteiger partial charge in [-0.25, -0.2) is 4.79 Å². The number of piperidine rings is 2. The monoisotopic (exact) mass is 640 g/mol. The van der Waals surface area contributed by atoms with Gasteiger partial charge in [-0.15, -0.1) is 0 Å². The van der Waals surface area contributed by atoms with E-state index in [4.69, 9.17) is 4.74 Å². The lowest BCUT2D eigenvalue weighted by Gasteiger charge is -2.37. The maximum Gasteiger partial charge on any atom is 0.416 e. The van der Waals surface area contributed by atoms with Crippen molar-refractivity contribution in [3.05, 3.63) is 71.3 Å². The highest BCUT2D eigenvalue weighted by atomic mass is 19.4. The third-order valence-corrected chi connectivity index (χ3v) is 10.3. The molecule has 1 N–H and O–H groups in total. The molecule has 1 spiro atoms. The molecule has 4 aliphatic rings. The van der Waals surface area contributed by atoms with Gasteiger partial charge in [0.2, 0.25) is 5.91 Å². The van der Waals surface area contributed by atoms with E-state index in [1.165, 1.54) is 17.7 Å². The van der Waals surface area contributed by atoms with Crippen LogP contribution in [-0.4, -0.2) is 83.5 Å². The number of nitrogens with zero attached hydrogens (tertiary/aromatic N) is 3. The fourth-order valence-corrected chi connectivity index (χ4v) is 7.51. The van der Waals surface area contributed by atoms with Gasteiger partial charge in [0.15, 0.2) is 0 Å². The first kappa shape index (κ1) is 32.3. The number of halogens is 3. The molecule has 0 atom stereocenters. The number of benzene rings is 2. The van der Waals surface area contributed by atoms with Crippen LogP contribution in [0, 0.1) is 11.8 Å². The summed E-state index contributed by atoms with van der Waals surface area (Å²) in [5.74, 6) is 0.174. The van der Waals surface area contributed by atoms with E-state index in [0.717, 1.165) is 70.3 Å². The maximum absolute atomic E-state index is 13.1. The molecule has 0 radical (unpaired) electrons. The van der Waals surface area contributed by atoms with E-state index in [-0.39, 0.29) is 35.4 Å². The Balaban J connectivity index is 0.904. The number of amides is 3. The Morgan fingerprint density at radius 2 is 1.52 bits per heavy atom. The van der Waals surface area contributed by atoms with Gasteiger partial charge in [0.25, 0.3) is 5.91 Å². The highest BCUT2D eigenvalue weighted by Gasteiger charge is 2.48. The summed E-state index contributed by atoms with van der Waals surface area (Å²) in [5.41, 5.74) is 0.0857. The molecule has 3 saturated heterocycles. The SMILES string of the molecule is O=C(NC1CCN(Cc2ccccc2)CC1)C1CCC(CN2CC3(CCN(C(=O)c4ccc(C(F)(F)F)cc4)CC3)OC2=O)CC1. The molecule has 46 heavy (non-hydrogen) atoms. The topological polar surface area (TPSA) is 82.2 Å². The standard InChI is InChI=1S/C35H43F3N4O4/c36-35(37,38)29-12-10-28(11-13-29)32(44)41-20-16-34(17-21-41)24-42(33(45)46-34)23-26-6-8-27(9-7-26)31(43)39-30-14-18-40(19-15-30)22-25-4-2-1-3-5-25/h1-5,10-13,26-27,30H,6-9,14-24H2,(H,39,43). The van der Waals surface area contributed by atoms with Crippen LogP contribution in [0.2, 0.25) is 0 Å². The molecule has 248 valence electrons. The van der Waals surface area contributed by atoms with E-state index in [1.54, 1.807) is 9.80 Å². The Bertz CT molecular complexity index is 1360. The zero-order chi connectivity index (χ0) is 32.3. The van der Waals surface area contributed by atoms with E-state index >= 15 is 0 Å². The van der Waals surface area contributed by atoms with E-state index in [2.05, 4.69) is 34.5 Å². The van der Waals surface area contributed by atoms with Crippen LogP contribution in [0.25, 0.3) is 0 Å². The molecular weight excluding hydrogens is 597 g/mol. The first-order valence-corrected chi connectivity index (χ1v) is 16.6. The molecule has 6 rings (SSSR count). The smallest absolute Gasteiger partial charge is 0.416 e. The number of nitrogens with one attached hydrogen (secondary N) is 1. The van der Waals surface area contributed by atoms with Crippen molar-refractivity contribution >= 4 is 17.9 Å². The molecule has 3 heterocycles. The Labute approximate surface area is 268 Å². The van der Waals surface area contributed by atoms with Crippen molar-refractivity contribution < 1.29 is 32.3 Å². The van der Waals surface area contributed by atoms with Gasteiger partial charge in [0.05, 0.1) is 12.1 Å². The number of rotatable bonds is 7. The van der Waals surface area contributed by atoms with Gasteiger partial charge in [-0.05, 0) is 74.3 Å². The molecule has 3 aliphatic heterocycles. The summed E-state index contributed by atoms with van der Waals surface area (Å²) in [4.78, 5) is 44.7. The van der Waals surface area contributed by atoms with Gasteiger partial charge < -0.3 is 19.9 Å². The number of ether oxygens (including phenoxy) is 1. The molecule has 0 unspecified atom stereocenters. The van der Waals surface area contributed by atoms with Crippen LogP contribution in [-0.2, 0) is 22.3 Å². The fraction of sp³-hybridized carbons (Fsp3) is 0.571. The summed E-state index contributed by atoms with van der Waals surface area (Å²) >= 11 is 0. The van der Waals surface area contributed by atoms with Crippen molar-refractivity contribution in [2.45, 2.75) is 75.7 Å². The summed E-state index contributed by atoms with van der Waals surface area (Å²) in [6, 6.07) is 15.0. The van der Waals surface area contributed by atoms with Crippen LogP contribution in [0.1, 0.15) is 72.9 Å². The average molecular weight is 641 g/mol. The number of likely N-dealkylation sites (tertiary alicyclic amines) is 2. The predicted octanol–water partition coefficient (Wildman–Crippen LogP) is 5.72. The normalized spacial score (nSPS) is 24.2. The van der Waals surface area contributed by atoms with E-state index in [1.807, 2.05) is 6.07 Å². The van der Waals surface area contributed by atoms with Gasteiger partial charge in [0, 0.05) is 69.6 Å². The van der Waals surface area contributed by atoms with Gasteiger partial charge in [-0.2, -0.15) is 13.2 Å². The molecule has 0 aromatic heterocycles. The quantitative estimate of drug-likeness (QED) is 0.419. The van der Waals surface area contributed by atoms with Gasteiger partial charge in [-0.3, -0.25) is 14.5 Å². The zero-order valence-corrected chi connectivity index (χ0v) is 26.1. The predicted molar refractivity (Wildman–Crippen MR) is 166 cm³/mol. The summed E-state index contributed by atoms with van der Waals surface area (Å²) in [5, 5.41) is 3.31. The number of hydrogen-bond donors (Lipinski definition) is 1. The lowest BCUT2D eigenvalue weighted by molar-refractivity contribution is -0.137. The largest absolute Gasteiger partial charge is 0.441 e. The van der Waals surface area contributed by atoms with Crippen LogP contribution < -0.4 is 5.32 Å². The number of carbonyl (C=O) groups excluding carboxylic acids is 3. The van der Waals surface area contributed by atoms with Crippen molar-refractivity contribution in [2.24, 2.45) is 11.8 Å². The minimum atomic E-state index is -4.45. The second-order valence-corrected chi connectivity index (χ2v) is 13.6. The minimum absolute atomic E-state index is 0.0157. The molecule has 0 bridgehead atoms. The van der Waals surface area contributed by atoms with E-state index in [9.17, 15) is 27.6 Å². The van der Waals surface area contributed by atoms with Crippen LogP contribution >= 0.6 is 0 Å². The van der Waals surface area contributed by atoms with Crippen LogP contribution in [0.5, 0.6) is 0 Å². The van der Waals surface area contributed by atoms with Gasteiger partial charge in [0.1, 0.15) is 5.60 Å². The number of carbonyl (C=O) groups is 3. The Hall–Kier alpha value is -3.60. The van der Waals surface area contributed by atoms with Crippen LogP contribution in [0.4, 0.5) is 18.0 Å². The molecular formula is C35H43F3N4O4. The van der Waals surface area contributed by atoms with Gasteiger partial charge in [-0.1, -0.05) is 30.3 Å². The molecule has 3 amide bonds. The molecule has 11 heteroatoms. The molecule has 2 aromatic rings. The van der Waals surface area contributed by atoms with Crippen LogP contribution in [0.3, 0.4) is 0 Å². The number of hydrogen-bond acceptors (Lipinski definition) is 5. The zero-order valence-electron chi connectivity index (χ0n) is 26.1. The first-order valence-electron chi connectivity index (χ1n) is 16.6. The van der Waals surface area contributed by atoms with E-state index in [0.29, 0.717) is 44.9 Å². The van der Waals surface area contributed by atoms with Crippen molar-refractivity contribution in [1.82, 2.24) is 20.0 Å². The molecule has 8 nitrogen and oxygen atoms in total. The van der Waals surface area contributed by atoms with E-state index < -0.39 is 17.3 Å². The van der Waals surface area contributed by atoms with Crippen LogP contribution in [0.15, 0.2) is 54.6 Å². The Kier molecular flexibility index (Phi) is 9.59. The average Bonchev–Trinajstić information content (AvgIpc) is 3.35. The molecule has 2 aromatic carbocycles. The third-order valence-electron chi connectivity index (χ3n) is 10.3. The summed E-state index contributed by atoms with van der Waals surface area (Å²) in [6.45, 7) is 4.71. The second-order valence-electron chi connectivity index (χ2n) is 13.6.